The monoisotopic (exact) mass is 246 g/mol. The van der Waals surface area contributed by atoms with Crippen LogP contribution >= 0.6 is 12.6 Å². The Labute approximate surface area is 106 Å². The summed E-state index contributed by atoms with van der Waals surface area (Å²) in [4.78, 5) is 11.3. The van der Waals surface area contributed by atoms with Gasteiger partial charge in [0, 0.05) is 11.7 Å². The molecular weight excluding hydrogens is 220 g/mol. The average molecular weight is 246 g/mol. The fourth-order valence-electron chi connectivity index (χ4n) is 1.56. The molecule has 2 unspecified atom stereocenters. The van der Waals surface area contributed by atoms with Crippen LogP contribution in [0.4, 0.5) is 0 Å². The van der Waals surface area contributed by atoms with E-state index in [1.165, 1.54) is 25.7 Å². The molecule has 0 amide bonds. The number of unbranched alkanes of at least 4 members (excludes halogenated alkanes) is 3. The molecule has 16 heavy (non-hydrogen) atoms. The van der Waals surface area contributed by atoms with Gasteiger partial charge in [0.1, 0.15) is 6.10 Å². The van der Waals surface area contributed by atoms with E-state index in [4.69, 9.17) is 4.74 Å². The number of thiol groups is 1. The van der Waals surface area contributed by atoms with Crippen molar-refractivity contribution < 1.29 is 9.53 Å². The van der Waals surface area contributed by atoms with Crippen LogP contribution in [-0.2, 0) is 9.53 Å². The molecule has 0 saturated carbocycles. The van der Waals surface area contributed by atoms with Crippen LogP contribution in [0.15, 0.2) is 0 Å². The van der Waals surface area contributed by atoms with Crippen molar-refractivity contribution in [3.05, 3.63) is 0 Å². The van der Waals surface area contributed by atoms with E-state index in [0.29, 0.717) is 6.42 Å². The summed E-state index contributed by atoms with van der Waals surface area (Å²) in [5, 5.41) is 0.178. The van der Waals surface area contributed by atoms with Crippen molar-refractivity contribution in [3.63, 3.8) is 0 Å². The van der Waals surface area contributed by atoms with Gasteiger partial charge in [-0.3, -0.25) is 4.79 Å². The van der Waals surface area contributed by atoms with Crippen molar-refractivity contribution in [1.29, 1.82) is 0 Å². The van der Waals surface area contributed by atoms with Gasteiger partial charge in [-0.2, -0.15) is 12.6 Å². The summed E-state index contributed by atoms with van der Waals surface area (Å²) >= 11 is 4.49. The van der Waals surface area contributed by atoms with Crippen molar-refractivity contribution in [2.24, 2.45) is 0 Å². The average Bonchev–Trinajstić information content (AvgIpc) is 2.24. The van der Waals surface area contributed by atoms with E-state index < -0.39 is 0 Å². The van der Waals surface area contributed by atoms with Gasteiger partial charge < -0.3 is 4.74 Å². The van der Waals surface area contributed by atoms with Crippen molar-refractivity contribution in [2.45, 2.75) is 77.1 Å². The third-order valence-corrected chi connectivity index (χ3v) is 3.34. The Hall–Kier alpha value is -0.180. The molecule has 0 aliphatic heterocycles. The maximum Gasteiger partial charge on any atom is 0.306 e. The number of hydrogen-bond donors (Lipinski definition) is 1. The van der Waals surface area contributed by atoms with Crippen LogP contribution in [0.1, 0.15) is 65.7 Å². The minimum absolute atomic E-state index is 0.0657. The third kappa shape index (κ3) is 8.03. The standard InChI is InChI=1S/C13H26O2S/c1-4-6-7-8-10-12(16)11(3)15-13(14)9-5-2/h11-12,16H,4-10H2,1-3H3. The molecule has 0 fully saturated rings. The summed E-state index contributed by atoms with van der Waals surface area (Å²) < 4.78 is 5.29. The smallest absolute Gasteiger partial charge is 0.306 e. The molecule has 0 spiro atoms. The molecule has 0 heterocycles. The molecule has 0 aromatic carbocycles. The van der Waals surface area contributed by atoms with Crippen molar-refractivity contribution in [2.75, 3.05) is 0 Å². The van der Waals surface area contributed by atoms with Gasteiger partial charge in [-0.15, -0.1) is 0 Å². The Morgan fingerprint density at radius 1 is 1.19 bits per heavy atom. The highest BCUT2D eigenvalue weighted by Gasteiger charge is 2.16. The van der Waals surface area contributed by atoms with Crippen LogP contribution in [-0.4, -0.2) is 17.3 Å². The van der Waals surface area contributed by atoms with Crippen molar-refractivity contribution in [1.82, 2.24) is 0 Å². The summed E-state index contributed by atoms with van der Waals surface area (Å²) in [7, 11) is 0. The van der Waals surface area contributed by atoms with E-state index in [-0.39, 0.29) is 17.3 Å². The Bertz CT molecular complexity index is 183. The zero-order chi connectivity index (χ0) is 12.4. The predicted molar refractivity (Wildman–Crippen MR) is 72.0 cm³/mol. The molecule has 0 bridgehead atoms. The van der Waals surface area contributed by atoms with Crippen LogP contribution in [0.5, 0.6) is 0 Å². The number of rotatable bonds is 9. The third-order valence-electron chi connectivity index (χ3n) is 2.67. The molecule has 0 saturated heterocycles. The molecule has 0 rings (SSSR count). The molecule has 0 radical (unpaired) electrons. The van der Waals surface area contributed by atoms with Crippen molar-refractivity contribution >= 4 is 18.6 Å². The van der Waals surface area contributed by atoms with Gasteiger partial charge >= 0.3 is 5.97 Å². The molecule has 2 atom stereocenters. The first-order valence-electron chi connectivity index (χ1n) is 6.49. The Morgan fingerprint density at radius 2 is 1.88 bits per heavy atom. The van der Waals surface area contributed by atoms with Crippen molar-refractivity contribution in [3.8, 4) is 0 Å². The largest absolute Gasteiger partial charge is 0.461 e. The molecule has 0 aliphatic carbocycles. The molecule has 96 valence electrons. The summed E-state index contributed by atoms with van der Waals surface area (Å²) in [6.07, 6.45) is 7.29. The minimum Gasteiger partial charge on any atom is -0.461 e. The van der Waals surface area contributed by atoms with Crippen LogP contribution in [0, 0.1) is 0 Å². The van der Waals surface area contributed by atoms with Crippen LogP contribution < -0.4 is 0 Å². The summed E-state index contributed by atoms with van der Waals surface area (Å²) in [6, 6.07) is 0. The second-order valence-corrected chi connectivity index (χ2v) is 5.02. The topological polar surface area (TPSA) is 26.3 Å². The van der Waals surface area contributed by atoms with E-state index in [2.05, 4.69) is 19.6 Å². The van der Waals surface area contributed by atoms with Gasteiger partial charge in [-0.25, -0.2) is 0 Å². The highest BCUT2D eigenvalue weighted by atomic mass is 32.1. The van der Waals surface area contributed by atoms with Crippen LogP contribution in [0.2, 0.25) is 0 Å². The maximum absolute atomic E-state index is 11.3. The zero-order valence-corrected chi connectivity index (χ0v) is 11.8. The van der Waals surface area contributed by atoms with Gasteiger partial charge in [0.15, 0.2) is 0 Å². The van der Waals surface area contributed by atoms with E-state index in [9.17, 15) is 4.79 Å². The predicted octanol–water partition coefficient (Wildman–Crippen LogP) is 3.99. The van der Waals surface area contributed by atoms with Gasteiger partial charge in [0.05, 0.1) is 0 Å². The normalized spacial score (nSPS) is 14.5. The summed E-state index contributed by atoms with van der Waals surface area (Å²) in [5.41, 5.74) is 0. The van der Waals surface area contributed by atoms with E-state index in [1.807, 2.05) is 13.8 Å². The van der Waals surface area contributed by atoms with Gasteiger partial charge in [0.25, 0.3) is 0 Å². The maximum atomic E-state index is 11.3. The number of ether oxygens (including phenoxy) is 1. The number of carbonyl (C=O) groups is 1. The molecule has 3 heteroatoms. The van der Waals surface area contributed by atoms with E-state index >= 15 is 0 Å². The lowest BCUT2D eigenvalue weighted by atomic mass is 10.1. The first kappa shape index (κ1) is 15.8. The number of carbonyl (C=O) groups excluding carboxylic acids is 1. The molecular formula is C13H26O2S. The number of hydrogen-bond acceptors (Lipinski definition) is 3. The SMILES string of the molecule is CCCCCCC(S)C(C)OC(=O)CCC. The Kier molecular flexibility index (Phi) is 9.89. The molecule has 0 N–H and O–H groups in total. The number of esters is 1. The quantitative estimate of drug-likeness (QED) is 0.378. The van der Waals surface area contributed by atoms with E-state index in [1.54, 1.807) is 0 Å². The highest BCUT2D eigenvalue weighted by molar-refractivity contribution is 7.81. The first-order valence-corrected chi connectivity index (χ1v) is 7.01. The fraction of sp³-hybridized carbons (Fsp3) is 0.923. The van der Waals surface area contributed by atoms with Gasteiger partial charge in [0.2, 0.25) is 0 Å². The summed E-state index contributed by atoms with van der Waals surface area (Å²) in [5.74, 6) is -0.0948. The van der Waals surface area contributed by atoms with Gasteiger partial charge in [-0.05, 0) is 19.8 Å². The zero-order valence-electron chi connectivity index (χ0n) is 10.9. The molecule has 0 aliphatic rings. The molecule has 2 nitrogen and oxygen atoms in total. The van der Waals surface area contributed by atoms with E-state index in [0.717, 1.165) is 12.8 Å². The van der Waals surface area contributed by atoms with Crippen LogP contribution in [0.3, 0.4) is 0 Å². The minimum atomic E-state index is -0.0948. The lowest BCUT2D eigenvalue weighted by Crippen LogP contribution is -2.24. The molecule has 0 aromatic rings. The summed E-state index contributed by atoms with van der Waals surface area (Å²) in [6.45, 7) is 6.12. The first-order chi connectivity index (χ1) is 7.61. The molecule has 0 aromatic heterocycles. The second kappa shape index (κ2) is 10.0. The lowest BCUT2D eigenvalue weighted by molar-refractivity contribution is -0.148. The van der Waals surface area contributed by atoms with Gasteiger partial charge in [-0.1, -0.05) is 39.5 Å². The highest BCUT2D eigenvalue weighted by Crippen LogP contribution is 2.16. The lowest BCUT2D eigenvalue weighted by Gasteiger charge is -2.19. The second-order valence-electron chi connectivity index (χ2n) is 4.36. The Morgan fingerprint density at radius 3 is 2.44 bits per heavy atom. The fourth-order valence-corrected chi connectivity index (χ4v) is 1.81. The van der Waals surface area contributed by atoms with Crippen LogP contribution in [0.25, 0.3) is 0 Å². The Balaban J connectivity index is 3.63.